The molecule has 2 aromatic rings. The molecule has 0 radical (unpaired) electrons. The molecule has 0 saturated carbocycles. The smallest absolute Gasteiger partial charge is 0.289 e. The maximum absolute atomic E-state index is 13.7. The molecule has 0 aliphatic carbocycles. The van der Waals surface area contributed by atoms with Crippen molar-refractivity contribution in [2.45, 2.75) is 24.0 Å². The fourth-order valence-corrected chi connectivity index (χ4v) is 4.97. The number of nitro benzene ring substituents is 1. The van der Waals surface area contributed by atoms with Crippen molar-refractivity contribution in [3.8, 4) is 0 Å². The number of benzene rings is 2. The van der Waals surface area contributed by atoms with Crippen molar-refractivity contribution in [3.63, 3.8) is 0 Å². The molecule has 0 saturated heterocycles. The fourth-order valence-electron chi connectivity index (χ4n) is 3.39. The second-order valence-corrected chi connectivity index (χ2v) is 9.13. The minimum Gasteiger partial charge on any atom is -0.364 e. The molecule has 0 bridgehead atoms. The van der Waals surface area contributed by atoms with E-state index in [0.29, 0.717) is 10.0 Å². The summed E-state index contributed by atoms with van der Waals surface area (Å²) in [6.07, 6.45) is 0.954. The van der Waals surface area contributed by atoms with E-state index in [2.05, 4.69) is 4.99 Å². The molecule has 3 rings (SSSR count). The maximum Gasteiger partial charge on any atom is 0.289 e. The van der Waals surface area contributed by atoms with Gasteiger partial charge in [-0.2, -0.15) is 0 Å². The van der Waals surface area contributed by atoms with E-state index in [4.69, 9.17) is 10.6 Å². The number of nitrogens with two attached hydrogens (primary N) is 1. The van der Waals surface area contributed by atoms with Gasteiger partial charge in [-0.3, -0.25) is 34.9 Å². The summed E-state index contributed by atoms with van der Waals surface area (Å²) in [4.78, 5) is 41.8. The van der Waals surface area contributed by atoms with Gasteiger partial charge in [0.15, 0.2) is 4.90 Å². The van der Waals surface area contributed by atoms with Crippen molar-refractivity contribution in [1.82, 2.24) is 4.47 Å². The Hall–Kier alpha value is -4.01. The molecule has 35 heavy (non-hydrogen) atoms. The molecule has 13 nitrogen and oxygen atoms in total. The number of carbonyl (C=O) groups excluding carboxylic acids is 1. The zero-order valence-corrected chi connectivity index (χ0v) is 19.0. The predicted molar refractivity (Wildman–Crippen MR) is 123 cm³/mol. The van der Waals surface area contributed by atoms with Crippen LogP contribution in [-0.4, -0.2) is 53.5 Å². The number of hydroxylamine groups is 1. The number of hydrogen-bond acceptors (Lipinski definition) is 9. The lowest BCUT2D eigenvalue weighted by Crippen LogP contribution is -2.45. The van der Waals surface area contributed by atoms with Gasteiger partial charge in [0.2, 0.25) is 6.54 Å². The van der Waals surface area contributed by atoms with Crippen LogP contribution in [0.15, 0.2) is 76.1 Å². The Kier molecular flexibility index (Phi) is 8.01. The largest absolute Gasteiger partial charge is 0.364 e. The lowest BCUT2D eigenvalue weighted by molar-refractivity contribution is -0.479. The summed E-state index contributed by atoms with van der Waals surface area (Å²) in [5, 5.41) is 22.5. The van der Waals surface area contributed by atoms with Crippen molar-refractivity contribution >= 4 is 27.3 Å². The summed E-state index contributed by atoms with van der Waals surface area (Å²) in [5.41, 5.74) is 5.19. The van der Waals surface area contributed by atoms with Gasteiger partial charge in [0.1, 0.15) is 5.71 Å². The number of para-hydroxylation sites is 1. The highest BCUT2D eigenvalue weighted by molar-refractivity contribution is 7.89. The molecule has 1 unspecified atom stereocenters. The maximum atomic E-state index is 13.7. The van der Waals surface area contributed by atoms with E-state index in [0.717, 1.165) is 12.1 Å². The average Bonchev–Trinajstić information content (AvgIpc) is 2.83. The molecule has 0 aromatic heterocycles. The van der Waals surface area contributed by atoms with Crippen LogP contribution in [0, 0.1) is 20.2 Å². The van der Waals surface area contributed by atoms with E-state index in [1.54, 1.807) is 30.3 Å². The SMILES string of the molecule is NC(=O)C1=NCC(N(OCc2ccccc2)S(=O)(=O)c2ccccc2[N+](=O)[O-])C(CC[N+](=O)[O-])=C1. The molecule has 0 fully saturated rings. The van der Waals surface area contributed by atoms with Crippen LogP contribution in [0.25, 0.3) is 0 Å². The van der Waals surface area contributed by atoms with Crippen LogP contribution in [0.1, 0.15) is 12.0 Å². The Labute approximate surface area is 199 Å². The van der Waals surface area contributed by atoms with Crippen molar-refractivity contribution in [2.24, 2.45) is 10.7 Å². The first-order valence-electron chi connectivity index (χ1n) is 10.2. The number of hydrogen-bond donors (Lipinski definition) is 1. The van der Waals surface area contributed by atoms with Crippen LogP contribution in [0.5, 0.6) is 0 Å². The van der Waals surface area contributed by atoms with Gasteiger partial charge < -0.3 is 5.73 Å². The van der Waals surface area contributed by atoms with Crippen LogP contribution in [-0.2, 0) is 26.3 Å². The third kappa shape index (κ3) is 6.11. The number of primary amides is 1. The third-order valence-corrected chi connectivity index (χ3v) is 6.79. The molecule has 1 aliphatic rings. The Balaban J connectivity index is 2.08. The van der Waals surface area contributed by atoms with Crippen LogP contribution in [0.2, 0.25) is 0 Å². The molecule has 1 aliphatic heterocycles. The van der Waals surface area contributed by atoms with Gasteiger partial charge in [-0.05, 0) is 23.3 Å². The number of carbonyl (C=O) groups is 1. The van der Waals surface area contributed by atoms with E-state index < -0.39 is 48.9 Å². The quantitative estimate of drug-likeness (QED) is 0.353. The summed E-state index contributed by atoms with van der Waals surface area (Å²) < 4.78 is 27.9. The Morgan fingerprint density at radius 1 is 1.11 bits per heavy atom. The Bertz CT molecular complexity index is 1290. The third-order valence-electron chi connectivity index (χ3n) is 5.05. The number of amides is 1. The predicted octanol–water partition coefficient (Wildman–Crippen LogP) is 1.62. The first kappa shape index (κ1) is 25.6. The minimum atomic E-state index is -4.68. The molecule has 1 heterocycles. The lowest BCUT2D eigenvalue weighted by atomic mass is 9.99. The number of dihydropyridines is 1. The summed E-state index contributed by atoms with van der Waals surface area (Å²) in [6.45, 7) is -1.13. The van der Waals surface area contributed by atoms with E-state index in [-0.39, 0.29) is 30.9 Å². The molecule has 1 amide bonds. The molecule has 184 valence electrons. The molecule has 14 heteroatoms. The highest BCUT2D eigenvalue weighted by atomic mass is 32.2. The lowest BCUT2D eigenvalue weighted by Gasteiger charge is -2.32. The van der Waals surface area contributed by atoms with Crippen LogP contribution in [0.3, 0.4) is 0 Å². The fraction of sp³-hybridized carbons (Fsp3) is 0.238. The highest BCUT2D eigenvalue weighted by Gasteiger charge is 2.40. The van der Waals surface area contributed by atoms with E-state index in [1.165, 1.54) is 18.2 Å². The Morgan fingerprint density at radius 2 is 1.77 bits per heavy atom. The van der Waals surface area contributed by atoms with Crippen molar-refractivity contribution < 1.29 is 27.9 Å². The average molecular weight is 503 g/mol. The Morgan fingerprint density at radius 3 is 2.40 bits per heavy atom. The highest BCUT2D eigenvalue weighted by Crippen LogP contribution is 2.31. The number of nitrogens with zero attached hydrogens (tertiary/aromatic N) is 4. The zero-order valence-electron chi connectivity index (χ0n) is 18.2. The molecular formula is C21H21N5O8S. The van der Waals surface area contributed by atoms with Crippen LogP contribution in [0.4, 0.5) is 5.69 Å². The van der Waals surface area contributed by atoms with Gasteiger partial charge in [-0.1, -0.05) is 46.9 Å². The summed E-state index contributed by atoms with van der Waals surface area (Å²) in [6, 6.07) is 12.1. The van der Waals surface area contributed by atoms with Gasteiger partial charge in [-0.15, -0.1) is 0 Å². The van der Waals surface area contributed by atoms with E-state index in [9.17, 15) is 33.4 Å². The zero-order chi connectivity index (χ0) is 25.6. The topological polar surface area (TPSA) is 188 Å². The second kappa shape index (κ2) is 10.9. The molecule has 2 N–H and O–H groups in total. The van der Waals surface area contributed by atoms with E-state index >= 15 is 0 Å². The van der Waals surface area contributed by atoms with E-state index in [1.807, 2.05) is 0 Å². The van der Waals surface area contributed by atoms with Gasteiger partial charge in [0, 0.05) is 17.4 Å². The summed E-state index contributed by atoms with van der Waals surface area (Å²) in [7, 11) is -4.68. The number of sulfonamides is 1. The normalized spacial score (nSPS) is 15.9. The van der Waals surface area contributed by atoms with Gasteiger partial charge in [-0.25, -0.2) is 8.42 Å². The van der Waals surface area contributed by atoms with Crippen molar-refractivity contribution in [3.05, 3.63) is 92.0 Å². The number of aliphatic imine (C=N–C) groups is 1. The number of nitro groups is 2. The monoisotopic (exact) mass is 503 g/mol. The first-order valence-corrected chi connectivity index (χ1v) is 11.7. The molecular weight excluding hydrogens is 482 g/mol. The summed E-state index contributed by atoms with van der Waals surface area (Å²) in [5.74, 6) is -0.889. The number of rotatable bonds is 11. The molecule has 0 spiro atoms. The van der Waals surface area contributed by atoms with Crippen molar-refractivity contribution in [2.75, 3.05) is 13.1 Å². The standard InChI is InChI=1S/C21H21N5O8S/c22-21(27)17-12-16(10-11-24(28)29)19(13-23-17)26(34-14-15-6-2-1-3-7-15)35(32,33)20-9-5-4-8-18(20)25(30)31/h1-9,12,19H,10-11,13-14H2,(H2,22,27). The van der Waals surface area contributed by atoms with Gasteiger partial charge in [0.25, 0.3) is 21.6 Å². The van der Waals surface area contributed by atoms with Gasteiger partial charge >= 0.3 is 0 Å². The van der Waals surface area contributed by atoms with Crippen LogP contribution >= 0.6 is 0 Å². The van der Waals surface area contributed by atoms with Crippen LogP contribution < -0.4 is 5.73 Å². The second-order valence-electron chi connectivity index (χ2n) is 7.38. The molecule has 2 aromatic carbocycles. The van der Waals surface area contributed by atoms with Crippen molar-refractivity contribution in [1.29, 1.82) is 0 Å². The first-order chi connectivity index (χ1) is 16.6. The summed E-state index contributed by atoms with van der Waals surface area (Å²) >= 11 is 0. The molecule has 1 atom stereocenters. The minimum absolute atomic E-state index is 0.153. The van der Waals surface area contributed by atoms with Gasteiger partial charge in [0.05, 0.1) is 24.1 Å².